The molecule has 1 aromatic rings. The first kappa shape index (κ1) is 25.0. The second-order valence-electron chi connectivity index (χ2n) is 10.3. The standard InChI is InChI=1S/C25H31N3O7/c1-6-10-9-14(27(2)3)12-7-11-8-13-18(28(4)5)21(31)17(24(26)34)23(33)25(13,35)22(32)15(11)20(30)16(12)19(10)29/h9,11,13,15,17-18,29,35H,6-8H2,1-5H3,(H2,26,34)/t11-,13-,15?,17?,18+,25-/m0/s1. The normalized spacial score (nSPS) is 32.3. The van der Waals surface area contributed by atoms with Crippen molar-refractivity contribution in [3.8, 4) is 5.75 Å². The molecule has 0 spiro atoms. The van der Waals surface area contributed by atoms with Gasteiger partial charge in [-0.2, -0.15) is 0 Å². The lowest BCUT2D eigenvalue weighted by Crippen LogP contribution is -2.74. The maximum atomic E-state index is 13.8. The van der Waals surface area contributed by atoms with Crippen LogP contribution in [0.5, 0.6) is 5.75 Å². The summed E-state index contributed by atoms with van der Waals surface area (Å²) >= 11 is 0. The van der Waals surface area contributed by atoms with Gasteiger partial charge in [0, 0.05) is 25.7 Å². The topological polar surface area (TPSA) is 158 Å². The molecule has 2 unspecified atom stereocenters. The van der Waals surface area contributed by atoms with Crippen LogP contribution < -0.4 is 10.6 Å². The van der Waals surface area contributed by atoms with E-state index in [1.54, 1.807) is 14.1 Å². The molecule has 35 heavy (non-hydrogen) atoms. The van der Waals surface area contributed by atoms with Gasteiger partial charge in [0.1, 0.15) is 5.75 Å². The Kier molecular flexibility index (Phi) is 5.88. The molecular formula is C25H31N3O7. The largest absolute Gasteiger partial charge is 0.507 e. The van der Waals surface area contributed by atoms with Crippen LogP contribution in [0.3, 0.4) is 0 Å². The first-order valence-electron chi connectivity index (χ1n) is 11.7. The number of nitrogens with two attached hydrogens (primary N) is 1. The molecule has 0 radical (unpaired) electrons. The summed E-state index contributed by atoms with van der Waals surface area (Å²) < 4.78 is 0. The van der Waals surface area contributed by atoms with Gasteiger partial charge in [0.2, 0.25) is 5.91 Å². The van der Waals surface area contributed by atoms with Crippen molar-refractivity contribution in [1.82, 2.24) is 4.90 Å². The second-order valence-corrected chi connectivity index (χ2v) is 10.3. The minimum Gasteiger partial charge on any atom is -0.507 e. The molecule has 4 N–H and O–H groups in total. The molecule has 1 amide bonds. The molecule has 188 valence electrons. The summed E-state index contributed by atoms with van der Waals surface area (Å²) in [6, 6.07) is 0.706. The van der Waals surface area contributed by atoms with Crippen molar-refractivity contribution in [3.63, 3.8) is 0 Å². The number of aliphatic hydroxyl groups is 1. The number of phenols is 1. The van der Waals surface area contributed by atoms with Crippen LogP contribution >= 0.6 is 0 Å². The van der Waals surface area contributed by atoms with E-state index in [-0.39, 0.29) is 24.2 Å². The van der Waals surface area contributed by atoms with Gasteiger partial charge in [0.25, 0.3) is 0 Å². The molecule has 10 heteroatoms. The first-order valence-corrected chi connectivity index (χ1v) is 11.7. The zero-order valence-corrected chi connectivity index (χ0v) is 20.5. The Morgan fingerprint density at radius 2 is 1.77 bits per heavy atom. The Hall–Kier alpha value is -3.11. The first-order chi connectivity index (χ1) is 16.3. The third-order valence-electron chi connectivity index (χ3n) is 7.98. The number of Topliss-reactive ketones (excluding diaryl/α,β-unsaturated/α-hetero) is 4. The maximum Gasteiger partial charge on any atom is 0.235 e. The number of carbonyl (C=O) groups is 5. The number of fused-ring (bicyclic) bond motifs is 3. The van der Waals surface area contributed by atoms with E-state index in [4.69, 9.17) is 5.73 Å². The van der Waals surface area contributed by atoms with Crippen molar-refractivity contribution >= 4 is 34.7 Å². The zero-order valence-electron chi connectivity index (χ0n) is 20.5. The molecule has 2 fully saturated rings. The van der Waals surface area contributed by atoms with Crippen LogP contribution in [0.15, 0.2) is 6.07 Å². The molecule has 0 saturated heterocycles. The highest BCUT2D eigenvalue weighted by molar-refractivity contribution is 6.32. The average Bonchev–Trinajstić information content (AvgIpc) is 2.75. The number of carbonyl (C=O) groups excluding carboxylic acids is 5. The van der Waals surface area contributed by atoms with Crippen LogP contribution in [0.4, 0.5) is 5.69 Å². The van der Waals surface area contributed by atoms with Crippen LogP contribution in [0.1, 0.15) is 34.8 Å². The summed E-state index contributed by atoms with van der Waals surface area (Å²) in [5.41, 5.74) is 4.53. The fourth-order valence-electron chi connectivity index (χ4n) is 6.37. The lowest BCUT2D eigenvalue weighted by atomic mass is 9.52. The van der Waals surface area contributed by atoms with Crippen molar-refractivity contribution in [2.75, 3.05) is 33.1 Å². The van der Waals surface area contributed by atoms with E-state index in [1.807, 2.05) is 32.0 Å². The lowest BCUT2D eigenvalue weighted by molar-refractivity contribution is -0.181. The van der Waals surface area contributed by atoms with Gasteiger partial charge >= 0.3 is 0 Å². The Morgan fingerprint density at radius 3 is 2.29 bits per heavy atom. The van der Waals surface area contributed by atoms with Gasteiger partial charge in [-0.25, -0.2) is 0 Å². The SMILES string of the molecule is CCc1cc(N(C)C)c2c(c1O)C(=O)C1C(=O)[C@]3(O)C(=O)C(C(N)=O)C(=O)[C@H](N(C)C)[C@@H]3C[C@@H]1C2. The average molecular weight is 486 g/mol. The van der Waals surface area contributed by atoms with Gasteiger partial charge in [0.05, 0.1) is 17.5 Å². The minimum absolute atomic E-state index is 0.0274. The monoisotopic (exact) mass is 485 g/mol. The number of phenolic OH excluding ortho intramolecular Hbond substituents is 1. The number of hydrogen-bond donors (Lipinski definition) is 3. The van der Waals surface area contributed by atoms with E-state index in [0.717, 1.165) is 5.69 Å². The van der Waals surface area contributed by atoms with Crippen LogP contribution in [-0.2, 0) is 32.0 Å². The zero-order chi connectivity index (χ0) is 26.1. The third-order valence-corrected chi connectivity index (χ3v) is 7.98. The highest BCUT2D eigenvalue weighted by Gasteiger charge is 2.69. The number of likely N-dealkylation sites (N-methyl/N-ethyl adjacent to an activating group) is 1. The molecule has 6 atom stereocenters. The molecule has 10 nitrogen and oxygen atoms in total. The lowest BCUT2D eigenvalue weighted by Gasteiger charge is -2.52. The van der Waals surface area contributed by atoms with Crippen molar-refractivity contribution in [2.45, 2.75) is 37.8 Å². The highest BCUT2D eigenvalue weighted by atomic mass is 16.3. The van der Waals surface area contributed by atoms with Crippen LogP contribution in [0, 0.1) is 23.7 Å². The molecule has 2 saturated carbocycles. The van der Waals surface area contributed by atoms with Crippen LogP contribution in [0.25, 0.3) is 0 Å². The molecule has 0 heterocycles. The number of nitrogens with zero attached hydrogens (tertiary/aromatic N) is 2. The summed E-state index contributed by atoms with van der Waals surface area (Å²) in [7, 11) is 6.75. The van der Waals surface area contributed by atoms with Gasteiger partial charge in [0.15, 0.2) is 34.7 Å². The molecule has 0 bridgehead atoms. The molecule has 0 aromatic heterocycles. The van der Waals surface area contributed by atoms with Crippen molar-refractivity contribution in [1.29, 1.82) is 0 Å². The number of benzene rings is 1. The van der Waals surface area contributed by atoms with Crippen LogP contribution in [0.2, 0.25) is 0 Å². The molecular weight excluding hydrogens is 454 g/mol. The quantitative estimate of drug-likeness (QED) is 0.478. The number of primary amides is 1. The highest BCUT2D eigenvalue weighted by Crippen LogP contribution is 2.52. The van der Waals surface area contributed by atoms with E-state index in [1.165, 1.54) is 4.90 Å². The predicted molar refractivity (Wildman–Crippen MR) is 125 cm³/mol. The molecule has 3 aliphatic carbocycles. The minimum atomic E-state index is -2.71. The fourth-order valence-corrected chi connectivity index (χ4v) is 6.37. The fraction of sp³-hybridized carbons (Fsp3) is 0.560. The van der Waals surface area contributed by atoms with Crippen molar-refractivity contribution in [3.05, 3.63) is 22.8 Å². The third kappa shape index (κ3) is 3.26. The van der Waals surface area contributed by atoms with Crippen molar-refractivity contribution in [2.24, 2.45) is 29.4 Å². The number of aromatic hydroxyl groups is 1. The summed E-state index contributed by atoms with van der Waals surface area (Å²) in [5, 5.41) is 22.5. The van der Waals surface area contributed by atoms with Gasteiger partial charge in [-0.1, -0.05) is 6.92 Å². The van der Waals surface area contributed by atoms with Gasteiger partial charge in [-0.3, -0.25) is 28.9 Å². The van der Waals surface area contributed by atoms with Gasteiger partial charge < -0.3 is 20.8 Å². The molecule has 3 aliphatic rings. The smallest absolute Gasteiger partial charge is 0.235 e. The number of rotatable bonds is 4. The Labute approximate surface area is 203 Å². The van der Waals surface area contributed by atoms with E-state index in [9.17, 15) is 34.2 Å². The molecule has 4 rings (SSSR count). The van der Waals surface area contributed by atoms with E-state index in [2.05, 4.69) is 0 Å². The van der Waals surface area contributed by atoms with Crippen LogP contribution in [-0.4, -0.2) is 84.0 Å². The van der Waals surface area contributed by atoms with Gasteiger partial charge in [-0.05, 0) is 56.5 Å². The summed E-state index contributed by atoms with van der Waals surface area (Å²) in [6.45, 7) is 1.83. The number of aryl methyl sites for hydroxylation is 1. The second kappa shape index (κ2) is 8.23. The Balaban J connectivity index is 1.91. The predicted octanol–water partition coefficient (Wildman–Crippen LogP) is -0.505. The van der Waals surface area contributed by atoms with E-state index < -0.39 is 64.4 Å². The van der Waals surface area contributed by atoms with E-state index in [0.29, 0.717) is 17.5 Å². The van der Waals surface area contributed by atoms with Gasteiger partial charge in [-0.15, -0.1) is 0 Å². The Morgan fingerprint density at radius 1 is 1.14 bits per heavy atom. The van der Waals surface area contributed by atoms with E-state index >= 15 is 0 Å². The summed E-state index contributed by atoms with van der Waals surface area (Å²) in [5.74, 6) is -10.2. The number of anilines is 1. The molecule has 1 aromatic carbocycles. The summed E-state index contributed by atoms with van der Waals surface area (Å²) in [6.07, 6.45) is 0.733. The maximum absolute atomic E-state index is 13.8. The summed E-state index contributed by atoms with van der Waals surface area (Å²) in [4.78, 5) is 69.3. The number of hydrogen-bond acceptors (Lipinski definition) is 9. The number of ketones is 4. The van der Waals surface area contributed by atoms with Crippen molar-refractivity contribution < 1.29 is 34.2 Å². The molecule has 0 aliphatic heterocycles. The Bertz CT molecular complexity index is 1170. The number of amides is 1.